The van der Waals surface area contributed by atoms with E-state index in [1.54, 1.807) is 24.4 Å². The van der Waals surface area contributed by atoms with E-state index in [1.165, 1.54) is 6.08 Å². The molecule has 1 aliphatic heterocycles. The van der Waals surface area contributed by atoms with Gasteiger partial charge in [-0.1, -0.05) is 6.58 Å². The Morgan fingerprint density at radius 2 is 2.33 bits per heavy atom. The molecule has 1 fully saturated rings. The van der Waals surface area contributed by atoms with E-state index in [0.717, 1.165) is 0 Å². The highest BCUT2D eigenvalue weighted by atomic mass is 16.5. The van der Waals surface area contributed by atoms with Crippen molar-refractivity contribution in [3.63, 3.8) is 0 Å². The molecule has 144 valence electrons. The first kappa shape index (κ1) is 18.8. The first-order chi connectivity index (χ1) is 13.1. The molecule has 0 saturated carbocycles. The largest absolute Gasteiger partial charge is 0.377 e. The standard InChI is InChI=1S/C18H24N6O3/c1-4-15(25)24-7-6-12(13(10-24)27-3)22-14-9-21-17-16(23-14)11(8-20-17)18(26)19-5-2/h4,8-9,12-13H,1,5-7,10H2,2-3H3,(H,19,26)(H,20,21)(H,22,23)/t12-,13-/m1/s1. The Morgan fingerprint density at radius 3 is 3.04 bits per heavy atom. The Bertz CT molecular complexity index is 849. The number of hydrogen-bond donors (Lipinski definition) is 3. The van der Waals surface area contributed by atoms with Crippen LogP contribution in [-0.2, 0) is 9.53 Å². The summed E-state index contributed by atoms with van der Waals surface area (Å²) in [6.45, 7) is 7.01. The molecule has 3 N–H and O–H groups in total. The van der Waals surface area contributed by atoms with E-state index < -0.39 is 0 Å². The highest BCUT2D eigenvalue weighted by molar-refractivity contribution is 6.04. The number of aromatic nitrogens is 3. The van der Waals surface area contributed by atoms with Gasteiger partial charge >= 0.3 is 0 Å². The summed E-state index contributed by atoms with van der Waals surface area (Å²) in [7, 11) is 1.62. The minimum atomic E-state index is -0.193. The van der Waals surface area contributed by atoms with Gasteiger partial charge in [-0.3, -0.25) is 9.59 Å². The number of nitrogens with one attached hydrogen (secondary N) is 3. The number of carbonyl (C=O) groups is 2. The SMILES string of the molecule is C=CC(=O)N1CC[C@@H](Nc2cnc3[nH]cc(C(=O)NCC)c3n2)[C@H](OC)C1. The number of nitrogens with zero attached hydrogens (tertiary/aromatic N) is 3. The van der Waals surface area contributed by atoms with E-state index in [4.69, 9.17) is 4.74 Å². The third-order valence-electron chi connectivity index (χ3n) is 4.64. The highest BCUT2D eigenvalue weighted by Crippen LogP contribution is 2.21. The Morgan fingerprint density at radius 1 is 1.52 bits per heavy atom. The number of anilines is 1. The van der Waals surface area contributed by atoms with Gasteiger partial charge in [0.2, 0.25) is 5.91 Å². The van der Waals surface area contributed by atoms with Crippen LogP contribution in [0, 0.1) is 0 Å². The van der Waals surface area contributed by atoms with Crippen LogP contribution < -0.4 is 10.6 Å². The smallest absolute Gasteiger partial charge is 0.255 e. The fourth-order valence-electron chi connectivity index (χ4n) is 3.23. The molecule has 0 aliphatic carbocycles. The maximum atomic E-state index is 12.2. The lowest BCUT2D eigenvalue weighted by atomic mass is 10.0. The van der Waals surface area contributed by atoms with Crippen LogP contribution in [-0.4, -0.2) is 70.6 Å². The summed E-state index contributed by atoms with van der Waals surface area (Å²) < 4.78 is 5.56. The lowest BCUT2D eigenvalue weighted by Crippen LogP contribution is -2.52. The molecule has 0 aromatic carbocycles. The molecule has 3 heterocycles. The van der Waals surface area contributed by atoms with E-state index in [-0.39, 0.29) is 24.0 Å². The molecule has 2 amide bonds. The van der Waals surface area contributed by atoms with Crippen molar-refractivity contribution >= 4 is 28.8 Å². The number of likely N-dealkylation sites (tertiary alicyclic amines) is 1. The van der Waals surface area contributed by atoms with Crippen molar-refractivity contribution < 1.29 is 14.3 Å². The number of ether oxygens (including phenoxy) is 1. The normalized spacial score (nSPS) is 19.7. The number of carbonyl (C=O) groups excluding carboxylic acids is 2. The number of amides is 2. The van der Waals surface area contributed by atoms with E-state index >= 15 is 0 Å². The Kier molecular flexibility index (Phi) is 5.70. The molecular weight excluding hydrogens is 348 g/mol. The lowest BCUT2D eigenvalue weighted by Gasteiger charge is -2.37. The zero-order valence-electron chi connectivity index (χ0n) is 15.5. The molecule has 0 unspecified atom stereocenters. The molecule has 3 rings (SSSR count). The van der Waals surface area contributed by atoms with Gasteiger partial charge in [0.25, 0.3) is 5.91 Å². The highest BCUT2D eigenvalue weighted by Gasteiger charge is 2.31. The van der Waals surface area contributed by atoms with Gasteiger partial charge in [0, 0.05) is 32.9 Å². The zero-order valence-corrected chi connectivity index (χ0v) is 15.5. The van der Waals surface area contributed by atoms with Crippen molar-refractivity contribution in [2.45, 2.75) is 25.5 Å². The number of hydrogen-bond acceptors (Lipinski definition) is 6. The molecule has 1 saturated heterocycles. The second-order valence-corrected chi connectivity index (χ2v) is 6.32. The average molecular weight is 372 g/mol. The number of H-pyrrole nitrogens is 1. The molecule has 0 spiro atoms. The van der Waals surface area contributed by atoms with Gasteiger partial charge in [0.05, 0.1) is 23.9 Å². The van der Waals surface area contributed by atoms with Crippen molar-refractivity contribution in [3.05, 3.63) is 30.6 Å². The van der Waals surface area contributed by atoms with E-state index in [9.17, 15) is 9.59 Å². The van der Waals surface area contributed by atoms with Gasteiger partial charge in [-0.25, -0.2) is 9.97 Å². The summed E-state index contributed by atoms with van der Waals surface area (Å²) in [6, 6.07) is -0.0255. The topological polar surface area (TPSA) is 112 Å². The molecular formula is C18H24N6O3. The minimum absolute atomic E-state index is 0.0255. The first-order valence-corrected chi connectivity index (χ1v) is 8.90. The first-order valence-electron chi connectivity index (χ1n) is 8.90. The van der Waals surface area contributed by atoms with Crippen molar-refractivity contribution in [1.82, 2.24) is 25.2 Å². The average Bonchev–Trinajstić information content (AvgIpc) is 3.11. The van der Waals surface area contributed by atoms with Crippen LogP contribution in [0.4, 0.5) is 5.82 Å². The monoisotopic (exact) mass is 372 g/mol. The van der Waals surface area contributed by atoms with Crippen molar-refractivity contribution in [2.75, 3.05) is 32.1 Å². The number of aromatic amines is 1. The second-order valence-electron chi connectivity index (χ2n) is 6.32. The van der Waals surface area contributed by atoms with Gasteiger partial charge in [-0.05, 0) is 19.4 Å². The molecule has 2 aromatic rings. The molecule has 9 heteroatoms. The van der Waals surface area contributed by atoms with Crippen LogP contribution in [0.2, 0.25) is 0 Å². The van der Waals surface area contributed by atoms with Gasteiger partial charge in [-0.15, -0.1) is 0 Å². The molecule has 27 heavy (non-hydrogen) atoms. The number of fused-ring (bicyclic) bond motifs is 1. The number of rotatable bonds is 6. The fraction of sp³-hybridized carbons (Fsp3) is 0.444. The summed E-state index contributed by atoms with van der Waals surface area (Å²) in [5.41, 5.74) is 1.52. The zero-order chi connectivity index (χ0) is 19.4. The summed E-state index contributed by atoms with van der Waals surface area (Å²) in [6.07, 6.45) is 5.06. The van der Waals surface area contributed by atoms with Crippen LogP contribution in [0.25, 0.3) is 11.2 Å². The van der Waals surface area contributed by atoms with Crippen molar-refractivity contribution in [3.8, 4) is 0 Å². The van der Waals surface area contributed by atoms with Gasteiger partial charge in [0.15, 0.2) is 5.65 Å². The summed E-state index contributed by atoms with van der Waals surface area (Å²) in [5, 5.41) is 6.10. The maximum Gasteiger partial charge on any atom is 0.255 e. The summed E-state index contributed by atoms with van der Waals surface area (Å²) in [5.74, 6) is 0.264. The third-order valence-corrected chi connectivity index (χ3v) is 4.64. The second kappa shape index (κ2) is 8.17. The van der Waals surface area contributed by atoms with Crippen LogP contribution in [0.1, 0.15) is 23.7 Å². The Balaban J connectivity index is 1.77. The molecule has 0 radical (unpaired) electrons. The van der Waals surface area contributed by atoms with E-state index in [1.807, 2.05) is 6.92 Å². The van der Waals surface area contributed by atoms with Gasteiger partial charge in [-0.2, -0.15) is 0 Å². The third kappa shape index (κ3) is 3.92. The van der Waals surface area contributed by atoms with Crippen LogP contribution in [0.15, 0.2) is 25.0 Å². The number of methoxy groups -OCH3 is 1. The predicted octanol–water partition coefficient (Wildman–Crippen LogP) is 0.921. The Hall–Kier alpha value is -2.94. The summed E-state index contributed by atoms with van der Waals surface area (Å²) >= 11 is 0. The molecule has 9 nitrogen and oxygen atoms in total. The maximum absolute atomic E-state index is 12.2. The molecule has 0 bridgehead atoms. The van der Waals surface area contributed by atoms with E-state index in [2.05, 4.69) is 32.2 Å². The van der Waals surface area contributed by atoms with Gasteiger partial charge in [0.1, 0.15) is 11.3 Å². The van der Waals surface area contributed by atoms with Crippen molar-refractivity contribution in [1.29, 1.82) is 0 Å². The fourth-order valence-corrected chi connectivity index (χ4v) is 3.23. The van der Waals surface area contributed by atoms with Gasteiger partial charge < -0.3 is 25.3 Å². The van der Waals surface area contributed by atoms with Crippen LogP contribution in [0.3, 0.4) is 0 Å². The Labute approximate surface area is 157 Å². The number of piperidine rings is 1. The van der Waals surface area contributed by atoms with Crippen LogP contribution >= 0.6 is 0 Å². The van der Waals surface area contributed by atoms with Crippen molar-refractivity contribution in [2.24, 2.45) is 0 Å². The predicted molar refractivity (Wildman–Crippen MR) is 101 cm³/mol. The van der Waals surface area contributed by atoms with Crippen LogP contribution in [0.5, 0.6) is 0 Å². The minimum Gasteiger partial charge on any atom is -0.377 e. The molecule has 2 atom stereocenters. The molecule has 2 aromatic heterocycles. The van der Waals surface area contributed by atoms with E-state index in [0.29, 0.717) is 48.6 Å². The summed E-state index contributed by atoms with van der Waals surface area (Å²) in [4.78, 5) is 37.6. The lowest BCUT2D eigenvalue weighted by molar-refractivity contribution is -0.129. The molecule has 1 aliphatic rings. The quantitative estimate of drug-likeness (QED) is 0.650.